The van der Waals surface area contributed by atoms with Crippen LogP contribution in [0, 0.1) is 5.92 Å². The number of thioether (sulfide) groups is 1. The quantitative estimate of drug-likeness (QED) is 0.477. The second-order valence-electron chi connectivity index (χ2n) is 8.39. The summed E-state index contributed by atoms with van der Waals surface area (Å²) >= 11 is 1.51. The number of nitrogens with zero attached hydrogens (tertiary/aromatic N) is 1. The van der Waals surface area contributed by atoms with Gasteiger partial charge in [0.25, 0.3) is 0 Å². The van der Waals surface area contributed by atoms with Crippen LogP contribution in [0.3, 0.4) is 0 Å². The smallest absolute Gasteiger partial charge is 0.233 e. The third kappa shape index (κ3) is 5.04. The van der Waals surface area contributed by atoms with Crippen LogP contribution in [0.25, 0.3) is 22.0 Å². The number of carbonyl (C=O) groups excluding carboxylic acids is 1. The maximum absolute atomic E-state index is 12.9. The fraction of sp³-hybridized carbons (Fsp3) is 0.385. The average Bonchev–Trinajstić information content (AvgIpc) is 2.80. The molecule has 3 atom stereocenters. The summed E-state index contributed by atoms with van der Waals surface area (Å²) in [6, 6.07) is 18.7. The number of ether oxygens (including phenoxy) is 1. The summed E-state index contributed by atoms with van der Waals surface area (Å²) in [5.74, 6) is 1.42. The molecule has 0 saturated heterocycles. The van der Waals surface area contributed by atoms with Crippen molar-refractivity contribution in [2.45, 2.75) is 55.8 Å². The van der Waals surface area contributed by atoms with Crippen molar-refractivity contribution in [2.75, 3.05) is 7.11 Å². The molecule has 0 spiro atoms. The highest BCUT2D eigenvalue weighted by molar-refractivity contribution is 8.00. The number of hydrogen-bond acceptors (Lipinski definition) is 4. The Morgan fingerprint density at radius 3 is 2.65 bits per heavy atom. The van der Waals surface area contributed by atoms with Gasteiger partial charge in [0, 0.05) is 17.5 Å². The number of pyridine rings is 1. The number of carbonyl (C=O) groups is 1. The summed E-state index contributed by atoms with van der Waals surface area (Å²) in [5, 5.41) is 4.99. The highest BCUT2D eigenvalue weighted by Crippen LogP contribution is 2.34. The number of methoxy groups -OCH3 is 1. The fourth-order valence-electron chi connectivity index (χ4n) is 4.29. The van der Waals surface area contributed by atoms with E-state index in [2.05, 4.69) is 36.5 Å². The van der Waals surface area contributed by atoms with E-state index in [-0.39, 0.29) is 17.2 Å². The Bertz CT molecular complexity index is 1050. The van der Waals surface area contributed by atoms with Crippen molar-refractivity contribution in [3.63, 3.8) is 0 Å². The molecule has 1 aliphatic carbocycles. The first-order valence-corrected chi connectivity index (χ1v) is 11.9. The second-order valence-corrected chi connectivity index (χ2v) is 9.76. The molecule has 1 N–H and O–H groups in total. The molecule has 4 rings (SSSR count). The van der Waals surface area contributed by atoms with E-state index in [4.69, 9.17) is 9.72 Å². The molecule has 3 aromatic rings. The summed E-state index contributed by atoms with van der Waals surface area (Å²) in [6.07, 6.45) is 4.74. The van der Waals surface area contributed by atoms with Crippen molar-refractivity contribution in [3.8, 4) is 16.9 Å². The van der Waals surface area contributed by atoms with Gasteiger partial charge in [0.15, 0.2) is 0 Å². The van der Waals surface area contributed by atoms with Crippen molar-refractivity contribution >= 4 is 28.6 Å². The summed E-state index contributed by atoms with van der Waals surface area (Å²) < 4.78 is 5.41. The first-order chi connectivity index (χ1) is 15.0. The van der Waals surface area contributed by atoms with Crippen molar-refractivity contribution in [1.82, 2.24) is 10.3 Å². The van der Waals surface area contributed by atoms with E-state index in [1.54, 1.807) is 7.11 Å². The maximum atomic E-state index is 12.9. The number of rotatable bonds is 6. The Morgan fingerprint density at radius 1 is 1.13 bits per heavy atom. The van der Waals surface area contributed by atoms with Gasteiger partial charge in [-0.2, -0.15) is 0 Å². The van der Waals surface area contributed by atoms with Crippen molar-refractivity contribution in [2.24, 2.45) is 5.92 Å². The molecule has 0 unspecified atom stereocenters. The lowest BCUT2D eigenvalue weighted by atomic mass is 9.86. The number of benzene rings is 2. The van der Waals surface area contributed by atoms with E-state index < -0.39 is 0 Å². The SMILES string of the molecule is COc1ccc2c(-c3ccccc3)cc(S[C@H](C)C(=O)N[C@@H]3CCCC[C@@H]3C)nc2c1. The number of fused-ring (bicyclic) bond motifs is 1. The molecule has 0 bridgehead atoms. The van der Waals surface area contributed by atoms with Crippen LogP contribution < -0.4 is 10.1 Å². The van der Waals surface area contributed by atoms with Gasteiger partial charge in [-0.15, -0.1) is 0 Å². The van der Waals surface area contributed by atoms with Crippen molar-refractivity contribution < 1.29 is 9.53 Å². The van der Waals surface area contributed by atoms with Gasteiger partial charge in [0.2, 0.25) is 5.91 Å². The van der Waals surface area contributed by atoms with Gasteiger partial charge in [-0.25, -0.2) is 4.98 Å². The minimum absolute atomic E-state index is 0.0950. The minimum Gasteiger partial charge on any atom is -0.497 e. The molecule has 31 heavy (non-hydrogen) atoms. The highest BCUT2D eigenvalue weighted by Gasteiger charge is 2.25. The number of hydrogen-bond donors (Lipinski definition) is 1. The molecule has 1 saturated carbocycles. The van der Waals surface area contributed by atoms with E-state index in [1.165, 1.54) is 31.0 Å². The predicted octanol–water partition coefficient (Wildman–Crippen LogP) is 6.09. The van der Waals surface area contributed by atoms with Gasteiger partial charge in [0.1, 0.15) is 5.75 Å². The first kappa shape index (κ1) is 21.7. The Labute approximate surface area is 188 Å². The molecular weight excluding hydrogens is 404 g/mol. The normalized spacial score (nSPS) is 19.7. The van der Waals surface area contributed by atoms with Gasteiger partial charge in [-0.3, -0.25) is 4.79 Å². The molecule has 5 heteroatoms. The Hall–Kier alpha value is -2.53. The number of nitrogens with one attached hydrogen (secondary N) is 1. The molecule has 4 nitrogen and oxygen atoms in total. The lowest BCUT2D eigenvalue weighted by molar-refractivity contribution is -0.121. The third-order valence-electron chi connectivity index (χ3n) is 6.18. The van der Waals surface area contributed by atoms with Crippen LogP contribution in [0.15, 0.2) is 59.6 Å². The van der Waals surface area contributed by atoms with Crippen LogP contribution in [0.1, 0.15) is 39.5 Å². The monoisotopic (exact) mass is 434 g/mol. The van der Waals surface area contributed by atoms with E-state index in [0.29, 0.717) is 5.92 Å². The van der Waals surface area contributed by atoms with Crippen molar-refractivity contribution in [1.29, 1.82) is 0 Å². The van der Waals surface area contributed by atoms with Crippen LogP contribution in [0.5, 0.6) is 5.75 Å². The summed E-state index contributed by atoms with van der Waals surface area (Å²) in [7, 11) is 1.66. The van der Waals surface area contributed by atoms with E-state index in [0.717, 1.165) is 39.2 Å². The molecule has 162 valence electrons. The molecule has 2 aromatic carbocycles. The topological polar surface area (TPSA) is 51.2 Å². The molecule has 0 aliphatic heterocycles. The Balaban J connectivity index is 1.61. The highest BCUT2D eigenvalue weighted by atomic mass is 32.2. The van der Waals surface area contributed by atoms with Gasteiger partial charge >= 0.3 is 0 Å². The molecule has 1 aliphatic rings. The molecule has 1 heterocycles. The van der Waals surface area contributed by atoms with Crippen LogP contribution in [-0.4, -0.2) is 29.3 Å². The summed E-state index contributed by atoms with van der Waals surface area (Å²) in [4.78, 5) is 17.8. The largest absolute Gasteiger partial charge is 0.497 e. The maximum Gasteiger partial charge on any atom is 0.233 e. The molecule has 0 radical (unpaired) electrons. The lowest BCUT2D eigenvalue weighted by Crippen LogP contribution is -2.44. The standard InChI is InChI=1S/C26H30N2O2S/c1-17-9-7-8-12-23(17)28-26(29)18(2)31-25-16-22(19-10-5-4-6-11-19)21-14-13-20(30-3)15-24(21)27-25/h4-6,10-11,13-18,23H,7-9,12H2,1-3H3,(H,28,29)/t17-,18+,23+/m0/s1. The van der Waals surface area contributed by atoms with Crippen LogP contribution in [0.2, 0.25) is 0 Å². The van der Waals surface area contributed by atoms with Gasteiger partial charge in [-0.05, 0) is 55.0 Å². The van der Waals surface area contributed by atoms with Crippen molar-refractivity contribution in [3.05, 3.63) is 54.6 Å². The lowest BCUT2D eigenvalue weighted by Gasteiger charge is -2.30. The molecule has 1 aromatic heterocycles. The Morgan fingerprint density at radius 2 is 1.90 bits per heavy atom. The van der Waals surface area contributed by atoms with Crippen LogP contribution in [-0.2, 0) is 4.79 Å². The van der Waals surface area contributed by atoms with Crippen LogP contribution >= 0.6 is 11.8 Å². The third-order valence-corrected chi connectivity index (χ3v) is 7.20. The Kier molecular flexibility index (Phi) is 6.81. The minimum atomic E-state index is -0.215. The zero-order valence-corrected chi connectivity index (χ0v) is 19.2. The first-order valence-electron chi connectivity index (χ1n) is 11.1. The zero-order chi connectivity index (χ0) is 21.8. The van der Waals surface area contributed by atoms with E-state index in [9.17, 15) is 4.79 Å². The van der Waals surface area contributed by atoms with Gasteiger partial charge in [-0.1, -0.05) is 61.9 Å². The number of amides is 1. The molecule has 1 amide bonds. The fourth-order valence-corrected chi connectivity index (χ4v) is 5.17. The van der Waals surface area contributed by atoms with Crippen LogP contribution in [0.4, 0.5) is 0 Å². The molecule has 1 fully saturated rings. The number of aromatic nitrogens is 1. The average molecular weight is 435 g/mol. The zero-order valence-electron chi connectivity index (χ0n) is 18.4. The van der Waals surface area contributed by atoms with Gasteiger partial charge < -0.3 is 10.1 Å². The molecular formula is C26H30N2O2S. The summed E-state index contributed by atoms with van der Waals surface area (Å²) in [6.45, 7) is 4.21. The second kappa shape index (κ2) is 9.73. The van der Waals surface area contributed by atoms with Gasteiger partial charge in [0.05, 0.1) is 22.9 Å². The van der Waals surface area contributed by atoms with E-state index >= 15 is 0 Å². The van der Waals surface area contributed by atoms with E-state index in [1.807, 2.05) is 37.3 Å². The predicted molar refractivity (Wildman–Crippen MR) is 129 cm³/mol. The summed E-state index contributed by atoms with van der Waals surface area (Å²) in [5.41, 5.74) is 3.12.